The zero-order valence-corrected chi connectivity index (χ0v) is 13.1. The first-order valence-electron chi connectivity index (χ1n) is 7.09. The molecule has 0 bridgehead atoms. The lowest BCUT2D eigenvalue weighted by Crippen LogP contribution is -2.18. The molecule has 5 heteroatoms. The molecule has 1 atom stereocenters. The van der Waals surface area contributed by atoms with Gasteiger partial charge in [-0.1, -0.05) is 18.2 Å². The third-order valence-corrected chi connectivity index (χ3v) is 3.10. The van der Waals surface area contributed by atoms with Crippen LogP contribution < -0.4 is 5.73 Å². The third kappa shape index (κ3) is 3.70. The second kappa shape index (κ2) is 6.54. The van der Waals surface area contributed by atoms with Gasteiger partial charge in [-0.05, 0) is 32.4 Å². The summed E-state index contributed by atoms with van der Waals surface area (Å²) in [5.41, 5.74) is 9.05. The maximum absolute atomic E-state index is 5.97. The number of hydrogen-bond donors (Lipinski definition) is 1. The van der Waals surface area contributed by atoms with Crippen LogP contribution in [0.15, 0.2) is 35.3 Å². The number of benzene rings is 1. The molecule has 1 heterocycles. The van der Waals surface area contributed by atoms with Gasteiger partial charge < -0.3 is 10.6 Å². The molecule has 0 saturated heterocycles. The van der Waals surface area contributed by atoms with Crippen LogP contribution in [0.5, 0.6) is 0 Å². The fourth-order valence-electron chi connectivity index (χ4n) is 2.16. The van der Waals surface area contributed by atoms with E-state index in [4.69, 9.17) is 5.73 Å². The number of nitrogens with zero attached hydrogens (tertiary/aromatic N) is 4. The maximum atomic E-state index is 5.97. The minimum absolute atomic E-state index is 0.0745. The van der Waals surface area contributed by atoms with Crippen molar-refractivity contribution in [1.82, 2.24) is 14.7 Å². The molecule has 0 saturated carbocycles. The zero-order valence-electron chi connectivity index (χ0n) is 13.1. The van der Waals surface area contributed by atoms with Crippen LogP contribution in [0.4, 0.5) is 5.82 Å². The molecule has 0 spiro atoms. The van der Waals surface area contributed by atoms with Gasteiger partial charge in [0, 0.05) is 25.7 Å². The number of aliphatic imine (C=N–C) groups is 1. The molecule has 1 aromatic heterocycles. The minimum atomic E-state index is 0.0745. The van der Waals surface area contributed by atoms with Gasteiger partial charge in [-0.2, -0.15) is 5.10 Å². The summed E-state index contributed by atoms with van der Waals surface area (Å²) in [4.78, 5) is 6.51. The van der Waals surface area contributed by atoms with Gasteiger partial charge >= 0.3 is 0 Å². The van der Waals surface area contributed by atoms with E-state index in [0.29, 0.717) is 0 Å². The average molecular weight is 285 g/mol. The molecule has 2 rings (SSSR count). The van der Waals surface area contributed by atoms with E-state index in [9.17, 15) is 0 Å². The normalized spacial score (nSPS) is 12.8. The lowest BCUT2D eigenvalue weighted by molar-refractivity contribution is 0.642. The van der Waals surface area contributed by atoms with E-state index in [0.717, 1.165) is 29.2 Å². The van der Waals surface area contributed by atoms with Crippen molar-refractivity contribution in [2.24, 2.45) is 10.7 Å². The van der Waals surface area contributed by atoms with E-state index in [1.807, 2.05) is 67.9 Å². The van der Waals surface area contributed by atoms with Gasteiger partial charge in [0.05, 0.1) is 17.7 Å². The van der Waals surface area contributed by atoms with Gasteiger partial charge in [-0.3, -0.25) is 0 Å². The van der Waals surface area contributed by atoms with Crippen molar-refractivity contribution in [3.8, 4) is 5.69 Å². The average Bonchev–Trinajstić information content (AvgIpc) is 2.74. The molecular weight excluding hydrogens is 262 g/mol. The predicted molar refractivity (Wildman–Crippen MR) is 87.5 cm³/mol. The highest BCUT2D eigenvalue weighted by Crippen LogP contribution is 2.27. The van der Waals surface area contributed by atoms with E-state index in [-0.39, 0.29) is 6.04 Å². The Balaban J connectivity index is 2.54. The molecular formula is C16H23N5. The molecule has 0 fully saturated rings. The molecule has 21 heavy (non-hydrogen) atoms. The smallest absolute Gasteiger partial charge is 0.160 e. The first kappa shape index (κ1) is 15.3. The highest BCUT2D eigenvalue weighted by atomic mass is 15.3. The zero-order chi connectivity index (χ0) is 15.4. The summed E-state index contributed by atoms with van der Waals surface area (Å²) >= 11 is 0. The van der Waals surface area contributed by atoms with Crippen LogP contribution in [-0.4, -0.2) is 41.2 Å². The van der Waals surface area contributed by atoms with Crippen LogP contribution in [0.25, 0.3) is 5.69 Å². The summed E-state index contributed by atoms with van der Waals surface area (Å²) in [7, 11) is 3.90. The monoisotopic (exact) mass is 285 g/mol. The summed E-state index contributed by atoms with van der Waals surface area (Å²) in [6.45, 7) is 4.00. The molecule has 2 N–H and O–H groups in total. The van der Waals surface area contributed by atoms with Crippen molar-refractivity contribution in [2.75, 3.05) is 14.1 Å². The van der Waals surface area contributed by atoms with Gasteiger partial charge in [0.25, 0.3) is 0 Å². The van der Waals surface area contributed by atoms with Gasteiger partial charge in [0.2, 0.25) is 0 Å². The molecule has 112 valence electrons. The van der Waals surface area contributed by atoms with Crippen LogP contribution in [0.2, 0.25) is 0 Å². The van der Waals surface area contributed by atoms with Crippen LogP contribution in [0.3, 0.4) is 0 Å². The molecule has 0 aliphatic carbocycles. The Morgan fingerprint density at radius 2 is 2.00 bits per heavy atom. The van der Waals surface area contributed by atoms with E-state index in [1.54, 1.807) is 6.34 Å². The molecule has 5 nitrogen and oxygen atoms in total. The van der Waals surface area contributed by atoms with Crippen molar-refractivity contribution < 1.29 is 0 Å². The number of aryl methyl sites for hydroxylation is 1. The first-order chi connectivity index (χ1) is 9.99. The fourth-order valence-corrected chi connectivity index (χ4v) is 2.16. The SMILES string of the molecule is Cc1nn(-c2ccccc2)c(/N=C/N(C)C)c1CC(C)N. The number of aromatic nitrogens is 2. The number of rotatable bonds is 5. The number of nitrogens with two attached hydrogens (primary N) is 1. The Morgan fingerprint density at radius 1 is 1.33 bits per heavy atom. The highest BCUT2D eigenvalue weighted by Gasteiger charge is 2.16. The second-order valence-electron chi connectivity index (χ2n) is 5.52. The Morgan fingerprint density at radius 3 is 2.57 bits per heavy atom. The molecule has 0 radical (unpaired) electrons. The van der Waals surface area contributed by atoms with Gasteiger partial charge in [0.15, 0.2) is 5.82 Å². The van der Waals surface area contributed by atoms with Crippen molar-refractivity contribution in [2.45, 2.75) is 26.3 Å². The number of para-hydroxylation sites is 1. The maximum Gasteiger partial charge on any atom is 0.160 e. The number of hydrogen-bond acceptors (Lipinski definition) is 3. The summed E-state index contributed by atoms with van der Waals surface area (Å²) in [6, 6.07) is 10.1. The van der Waals surface area contributed by atoms with Crippen LogP contribution >= 0.6 is 0 Å². The van der Waals surface area contributed by atoms with E-state index in [1.165, 1.54) is 0 Å². The van der Waals surface area contributed by atoms with Gasteiger partial charge in [-0.15, -0.1) is 0 Å². The Kier molecular flexibility index (Phi) is 4.75. The van der Waals surface area contributed by atoms with Crippen LogP contribution in [0.1, 0.15) is 18.2 Å². The molecule has 1 aromatic carbocycles. The van der Waals surface area contributed by atoms with Gasteiger partial charge in [-0.25, -0.2) is 9.67 Å². The predicted octanol–water partition coefficient (Wildman–Crippen LogP) is 2.29. The Hall–Kier alpha value is -2.14. The molecule has 1 unspecified atom stereocenters. The topological polar surface area (TPSA) is 59.4 Å². The Bertz CT molecular complexity index is 611. The molecule has 0 amide bonds. The van der Waals surface area contributed by atoms with Crippen LogP contribution in [0, 0.1) is 6.92 Å². The molecule has 0 aliphatic heterocycles. The second-order valence-corrected chi connectivity index (χ2v) is 5.52. The molecule has 2 aromatic rings. The fraction of sp³-hybridized carbons (Fsp3) is 0.375. The van der Waals surface area contributed by atoms with E-state index < -0.39 is 0 Å². The molecule has 0 aliphatic rings. The summed E-state index contributed by atoms with van der Waals surface area (Å²) in [5.74, 6) is 0.852. The van der Waals surface area contributed by atoms with Crippen molar-refractivity contribution in [3.05, 3.63) is 41.6 Å². The lowest BCUT2D eigenvalue weighted by Gasteiger charge is -2.09. The van der Waals surface area contributed by atoms with E-state index >= 15 is 0 Å². The third-order valence-electron chi connectivity index (χ3n) is 3.10. The van der Waals surface area contributed by atoms with Crippen molar-refractivity contribution in [1.29, 1.82) is 0 Å². The van der Waals surface area contributed by atoms with Gasteiger partial charge in [0.1, 0.15) is 0 Å². The van der Waals surface area contributed by atoms with E-state index in [2.05, 4.69) is 10.1 Å². The quantitative estimate of drug-likeness (QED) is 0.677. The lowest BCUT2D eigenvalue weighted by atomic mass is 10.1. The summed E-state index contributed by atoms with van der Waals surface area (Å²) in [6.07, 6.45) is 2.55. The van der Waals surface area contributed by atoms with Crippen molar-refractivity contribution >= 4 is 12.2 Å². The standard InChI is InChI=1S/C16H23N5/c1-12(17)10-15-13(2)19-21(14-8-6-5-7-9-14)16(15)18-11-20(3)4/h5-9,11-12H,10,17H2,1-4H3/b18-11+. The Labute approximate surface area is 126 Å². The van der Waals surface area contributed by atoms with Crippen molar-refractivity contribution in [3.63, 3.8) is 0 Å². The minimum Gasteiger partial charge on any atom is -0.369 e. The largest absolute Gasteiger partial charge is 0.369 e. The van der Waals surface area contributed by atoms with Crippen LogP contribution in [-0.2, 0) is 6.42 Å². The highest BCUT2D eigenvalue weighted by molar-refractivity contribution is 5.62. The first-order valence-corrected chi connectivity index (χ1v) is 7.09. The summed E-state index contributed by atoms with van der Waals surface area (Å²) < 4.78 is 1.88. The summed E-state index contributed by atoms with van der Waals surface area (Å²) in [5, 5.41) is 4.64.